The molecule has 60 valence electrons. The summed E-state index contributed by atoms with van der Waals surface area (Å²) in [5.41, 5.74) is 0. The smallest absolute Gasteiger partial charge is 0.0125 e. The molecule has 0 aromatic heterocycles. The monoisotopic (exact) mass is 166 g/mol. The molecule has 0 aliphatic carbocycles. The van der Waals surface area contributed by atoms with Crippen molar-refractivity contribution in [1.82, 2.24) is 0 Å². The van der Waals surface area contributed by atoms with E-state index in [-0.39, 0.29) is 0 Å². The van der Waals surface area contributed by atoms with Crippen LogP contribution in [0.15, 0.2) is 0 Å². The van der Waals surface area contributed by atoms with E-state index < -0.39 is 6.89 Å². The lowest BCUT2D eigenvalue weighted by Gasteiger charge is -2.15. The minimum atomic E-state index is -1.01. The maximum Gasteiger partial charge on any atom is 0.0125 e. The van der Waals surface area contributed by atoms with Crippen LogP contribution in [0.25, 0.3) is 0 Å². The Morgan fingerprint density at radius 1 is 1.18 bits per heavy atom. The Hall–Kier alpha value is -0.580. The first-order chi connectivity index (χ1) is 5.12. The number of hydrogen-bond donors (Lipinski definition) is 0. The fourth-order valence-electron chi connectivity index (χ4n) is 0.781. The summed E-state index contributed by atoms with van der Waals surface area (Å²) >= 11 is 0. The van der Waals surface area contributed by atoms with Gasteiger partial charge in [-0.15, -0.1) is 37.9 Å². The van der Waals surface area contributed by atoms with Crippen molar-refractivity contribution in [2.24, 2.45) is 0 Å². The Morgan fingerprint density at radius 3 is 1.82 bits per heavy atom. The summed E-state index contributed by atoms with van der Waals surface area (Å²) in [6.45, 7) is 1.20. The van der Waals surface area contributed by atoms with Crippen molar-refractivity contribution >= 4 is 13.2 Å². The van der Waals surface area contributed by atoms with E-state index in [1.165, 1.54) is 0 Å². The zero-order valence-electron chi connectivity index (χ0n) is 7.14. The highest BCUT2D eigenvalue weighted by Gasteiger charge is 2.04. The summed E-state index contributed by atoms with van der Waals surface area (Å²) in [5.74, 6) is 5.27. The van der Waals surface area contributed by atoms with Crippen LogP contribution in [0.5, 0.6) is 0 Å². The highest BCUT2D eigenvalue weighted by atomic mass is 31.2. The van der Waals surface area contributed by atoms with Crippen molar-refractivity contribution in [3.8, 4) is 24.7 Å². The Balaban J connectivity index is 3.75. The molecule has 0 bridgehead atoms. The molecule has 0 rings (SSSR count). The molecule has 0 atom stereocenters. The standard InChI is InChI=1S/C10H15P/c1-5-7-9-11(3,4)10-8-6-2/h1-2H,3,7-10H2,4H3. The van der Waals surface area contributed by atoms with Crippen LogP contribution in [-0.2, 0) is 0 Å². The number of hydrogen-bond acceptors (Lipinski definition) is 0. The molecule has 0 aromatic carbocycles. The molecular weight excluding hydrogens is 151 g/mol. The SMILES string of the molecule is C#CCCP(=C)(C)CCC#C. The van der Waals surface area contributed by atoms with E-state index in [2.05, 4.69) is 24.8 Å². The molecule has 0 saturated carbocycles. The van der Waals surface area contributed by atoms with Crippen molar-refractivity contribution in [1.29, 1.82) is 0 Å². The molecule has 0 aromatic rings. The molecule has 0 amide bonds. The summed E-state index contributed by atoms with van der Waals surface area (Å²) in [4.78, 5) is 0. The van der Waals surface area contributed by atoms with Gasteiger partial charge in [0, 0.05) is 12.8 Å². The first kappa shape index (κ1) is 10.4. The molecule has 0 unspecified atom stereocenters. The topological polar surface area (TPSA) is 0 Å². The third kappa shape index (κ3) is 5.84. The molecule has 0 N–H and O–H groups in total. The highest BCUT2D eigenvalue weighted by molar-refractivity contribution is 7.73. The van der Waals surface area contributed by atoms with E-state index in [0.717, 1.165) is 25.2 Å². The van der Waals surface area contributed by atoms with E-state index in [4.69, 9.17) is 12.8 Å². The predicted molar refractivity (Wildman–Crippen MR) is 56.6 cm³/mol. The van der Waals surface area contributed by atoms with Gasteiger partial charge in [-0.2, -0.15) is 0 Å². The third-order valence-corrected chi connectivity index (χ3v) is 4.20. The van der Waals surface area contributed by atoms with E-state index in [1.54, 1.807) is 0 Å². The summed E-state index contributed by atoms with van der Waals surface area (Å²) in [7, 11) is 0. The van der Waals surface area contributed by atoms with Gasteiger partial charge >= 0.3 is 0 Å². The lowest BCUT2D eigenvalue weighted by Crippen LogP contribution is -1.92. The van der Waals surface area contributed by atoms with Crippen molar-refractivity contribution < 1.29 is 0 Å². The fourth-order valence-corrected chi connectivity index (χ4v) is 2.34. The second kappa shape index (κ2) is 5.12. The lowest BCUT2D eigenvalue weighted by molar-refractivity contribution is 1.22. The van der Waals surface area contributed by atoms with E-state index in [0.29, 0.717) is 0 Å². The van der Waals surface area contributed by atoms with Crippen molar-refractivity contribution in [2.45, 2.75) is 12.8 Å². The summed E-state index contributed by atoms with van der Waals surface area (Å²) < 4.78 is 0. The van der Waals surface area contributed by atoms with Crippen LogP contribution in [-0.4, -0.2) is 25.3 Å². The van der Waals surface area contributed by atoms with Crippen LogP contribution in [0.1, 0.15) is 12.8 Å². The molecule has 0 nitrogen and oxygen atoms in total. The zero-order chi connectivity index (χ0) is 8.74. The second-order valence-electron chi connectivity index (χ2n) is 2.97. The summed E-state index contributed by atoms with van der Waals surface area (Å²) in [5, 5.41) is 0. The van der Waals surface area contributed by atoms with Gasteiger partial charge in [0.15, 0.2) is 0 Å². The summed E-state index contributed by atoms with van der Waals surface area (Å²) in [6.07, 6.45) is 18.3. The van der Waals surface area contributed by atoms with Gasteiger partial charge in [0.25, 0.3) is 0 Å². The van der Waals surface area contributed by atoms with Gasteiger partial charge < -0.3 is 0 Å². The Morgan fingerprint density at radius 2 is 1.55 bits per heavy atom. The van der Waals surface area contributed by atoms with E-state index in [9.17, 15) is 0 Å². The maximum absolute atomic E-state index is 5.16. The van der Waals surface area contributed by atoms with Gasteiger partial charge in [-0.05, 0) is 19.0 Å². The number of rotatable bonds is 4. The predicted octanol–water partition coefficient (Wildman–Crippen LogP) is 2.11. The Bertz CT molecular complexity index is 202. The minimum absolute atomic E-state index is 0.846. The van der Waals surface area contributed by atoms with Crippen molar-refractivity contribution in [3.63, 3.8) is 0 Å². The lowest BCUT2D eigenvalue weighted by atomic mass is 10.5. The molecule has 0 spiro atoms. The Labute approximate surface area is 70.4 Å². The van der Waals surface area contributed by atoms with Gasteiger partial charge in [-0.1, -0.05) is 0 Å². The quantitative estimate of drug-likeness (QED) is 0.443. The normalized spacial score (nSPS) is 10.1. The second-order valence-corrected chi connectivity index (χ2v) is 7.11. The minimum Gasteiger partial charge on any atom is -0.120 e. The summed E-state index contributed by atoms with van der Waals surface area (Å²) in [6, 6.07) is 0. The van der Waals surface area contributed by atoms with Crippen LogP contribution < -0.4 is 0 Å². The van der Waals surface area contributed by atoms with Crippen LogP contribution in [0.2, 0.25) is 0 Å². The van der Waals surface area contributed by atoms with Gasteiger partial charge in [-0.25, -0.2) is 0 Å². The van der Waals surface area contributed by atoms with Gasteiger partial charge in [0.1, 0.15) is 0 Å². The Kier molecular flexibility index (Phi) is 4.85. The highest BCUT2D eigenvalue weighted by Crippen LogP contribution is 2.41. The molecule has 1 heteroatoms. The molecule has 0 aliphatic heterocycles. The molecular formula is C10H15P. The van der Waals surface area contributed by atoms with Crippen LogP contribution in [0.4, 0.5) is 0 Å². The fraction of sp³-hybridized carbons (Fsp3) is 0.500. The molecule has 0 fully saturated rings. The molecule has 0 heterocycles. The zero-order valence-corrected chi connectivity index (χ0v) is 8.03. The average molecular weight is 166 g/mol. The van der Waals surface area contributed by atoms with E-state index in [1.807, 2.05) is 0 Å². The van der Waals surface area contributed by atoms with Gasteiger partial charge in [-0.3, -0.25) is 0 Å². The van der Waals surface area contributed by atoms with Gasteiger partial charge in [0.2, 0.25) is 0 Å². The molecule has 11 heavy (non-hydrogen) atoms. The molecule has 0 radical (unpaired) electrons. The van der Waals surface area contributed by atoms with Crippen molar-refractivity contribution in [2.75, 3.05) is 19.0 Å². The van der Waals surface area contributed by atoms with Crippen LogP contribution in [0.3, 0.4) is 0 Å². The first-order valence-corrected chi connectivity index (χ1v) is 6.47. The third-order valence-electron chi connectivity index (χ3n) is 1.59. The average Bonchev–Trinajstić information content (AvgIpc) is 1.97. The number of terminal acetylenes is 2. The molecule has 0 aliphatic rings. The molecule has 0 saturated heterocycles. The van der Waals surface area contributed by atoms with Crippen LogP contribution in [0, 0.1) is 24.7 Å². The van der Waals surface area contributed by atoms with Gasteiger partial charge in [0.05, 0.1) is 0 Å². The van der Waals surface area contributed by atoms with E-state index >= 15 is 0 Å². The largest absolute Gasteiger partial charge is 0.120 e. The van der Waals surface area contributed by atoms with Crippen LogP contribution >= 0.6 is 6.89 Å². The first-order valence-electron chi connectivity index (χ1n) is 3.68. The van der Waals surface area contributed by atoms with Crippen molar-refractivity contribution in [3.05, 3.63) is 0 Å². The maximum atomic E-state index is 5.16.